The molecule has 0 saturated heterocycles. The van der Waals surface area contributed by atoms with Crippen molar-refractivity contribution in [2.24, 2.45) is 0 Å². The maximum atomic E-state index is 14.7. The fourth-order valence-corrected chi connectivity index (χ4v) is 6.08. The Labute approximate surface area is 260 Å². The number of nitrogens with zero attached hydrogens (tertiary/aromatic N) is 3. The number of hydrogen-bond acceptors (Lipinski definition) is 7. The highest BCUT2D eigenvalue weighted by Gasteiger charge is 2.31. The molecule has 0 bridgehead atoms. The molecule has 0 spiro atoms. The molecule has 6 rings (SSSR count). The SMILES string of the molecule is Cc1c(C(=O)OC(C)(C)C)ccc2c1CC[C@@H]2NC(=O)c1cc(C(=O)NCc2ccc3c(c2)CC(C)(C)O3)nc2c(F)cnn12. The Kier molecular flexibility index (Phi) is 7.37. The van der Waals surface area contributed by atoms with Crippen molar-refractivity contribution in [3.8, 4) is 5.75 Å². The summed E-state index contributed by atoms with van der Waals surface area (Å²) in [5.41, 5.74) is 3.87. The summed E-state index contributed by atoms with van der Waals surface area (Å²) in [5.74, 6) is -1.41. The third-order valence-electron chi connectivity index (χ3n) is 8.09. The molecule has 4 aromatic rings. The maximum Gasteiger partial charge on any atom is 0.338 e. The van der Waals surface area contributed by atoms with E-state index in [0.29, 0.717) is 18.4 Å². The number of benzene rings is 2. The van der Waals surface area contributed by atoms with Gasteiger partial charge in [-0.1, -0.05) is 18.2 Å². The minimum Gasteiger partial charge on any atom is -0.487 e. The zero-order valence-corrected chi connectivity index (χ0v) is 26.2. The summed E-state index contributed by atoms with van der Waals surface area (Å²) < 4.78 is 27.3. The molecule has 2 amide bonds. The average molecular weight is 614 g/mol. The summed E-state index contributed by atoms with van der Waals surface area (Å²) in [4.78, 5) is 43.8. The van der Waals surface area contributed by atoms with Crippen LogP contribution >= 0.6 is 0 Å². The molecule has 11 heteroatoms. The van der Waals surface area contributed by atoms with Crippen LogP contribution in [0.3, 0.4) is 0 Å². The molecule has 234 valence electrons. The lowest BCUT2D eigenvalue weighted by atomic mass is 9.97. The van der Waals surface area contributed by atoms with E-state index in [2.05, 4.69) is 20.7 Å². The van der Waals surface area contributed by atoms with Crippen LogP contribution < -0.4 is 15.4 Å². The third-order valence-corrected chi connectivity index (χ3v) is 8.09. The van der Waals surface area contributed by atoms with Crippen molar-refractivity contribution in [1.82, 2.24) is 25.2 Å². The van der Waals surface area contributed by atoms with Gasteiger partial charge in [0.1, 0.15) is 28.3 Å². The van der Waals surface area contributed by atoms with E-state index in [1.165, 1.54) is 6.07 Å². The van der Waals surface area contributed by atoms with Crippen LogP contribution in [0.5, 0.6) is 5.75 Å². The zero-order valence-electron chi connectivity index (χ0n) is 26.2. The second-order valence-electron chi connectivity index (χ2n) is 13.3. The molecule has 2 aliphatic rings. The fraction of sp³-hybridized carbons (Fsp3) is 0.382. The molecule has 0 fully saturated rings. The van der Waals surface area contributed by atoms with Gasteiger partial charge in [0.05, 0.1) is 17.8 Å². The summed E-state index contributed by atoms with van der Waals surface area (Å²) in [6, 6.07) is 10.3. The first kappa shape index (κ1) is 30.2. The molecule has 2 N–H and O–H groups in total. The van der Waals surface area contributed by atoms with Crippen LogP contribution in [0.1, 0.15) is 106 Å². The molecule has 1 atom stereocenters. The Morgan fingerprint density at radius 3 is 2.67 bits per heavy atom. The summed E-state index contributed by atoms with van der Waals surface area (Å²) in [6.07, 6.45) is 2.99. The van der Waals surface area contributed by atoms with Gasteiger partial charge < -0.3 is 20.1 Å². The number of ether oxygens (including phenoxy) is 2. The van der Waals surface area contributed by atoms with Crippen LogP contribution in [0.2, 0.25) is 0 Å². The van der Waals surface area contributed by atoms with E-state index in [9.17, 15) is 18.8 Å². The van der Waals surface area contributed by atoms with Crippen LogP contribution in [-0.4, -0.2) is 43.6 Å². The molecular weight excluding hydrogens is 577 g/mol. The van der Waals surface area contributed by atoms with Gasteiger partial charge in [0.25, 0.3) is 11.8 Å². The van der Waals surface area contributed by atoms with Crippen LogP contribution in [0, 0.1) is 12.7 Å². The topological polar surface area (TPSA) is 124 Å². The average Bonchev–Trinajstić information content (AvgIpc) is 3.64. The monoisotopic (exact) mass is 613 g/mol. The van der Waals surface area contributed by atoms with Crippen LogP contribution in [0.4, 0.5) is 4.39 Å². The molecule has 3 heterocycles. The third kappa shape index (κ3) is 5.99. The Bertz CT molecular complexity index is 1870. The number of carbonyl (C=O) groups is 3. The summed E-state index contributed by atoms with van der Waals surface area (Å²) in [7, 11) is 0. The molecule has 0 saturated carbocycles. The van der Waals surface area contributed by atoms with E-state index in [4.69, 9.17) is 9.47 Å². The van der Waals surface area contributed by atoms with Gasteiger partial charge in [0, 0.05) is 19.0 Å². The van der Waals surface area contributed by atoms with E-state index in [1.807, 2.05) is 65.8 Å². The van der Waals surface area contributed by atoms with E-state index in [0.717, 1.165) is 50.7 Å². The normalized spacial score (nSPS) is 16.6. The van der Waals surface area contributed by atoms with Gasteiger partial charge in [-0.05, 0) is 94.3 Å². The predicted molar refractivity (Wildman–Crippen MR) is 164 cm³/mol. The number of amides is 2. The Morgan fingerprint density at radius 2 is 1.91 bits per heavy atom. The standard InChI is InChI=1S/C34H36FN5O5/c1-18-21-10-11-25(23(21)9-8-22(18)32(43)45-33(2,3)4)39-31(42)27-14-26(38-29-24(35)17-37-40(27)29)30(41)36-16-19-7-12-28-20(13-19)15-34(5,6)44-28/h7-9,12-14,17,25H,10-11,15-16H2,1-6H3,(H,36,41)(H,39,42)/t25-/m0/s1. The van der Waals surface area contributed by atoms with E-state index < -0.39 is 29.2 Å². The minimum atomic E-state index is -0.753. The van der Waals surface area contributed by atoms with Gasteiger partial charge >= 0.3 is 5.97 Å². The molecule has 1 aliphatic carbocycles. The van der Waals surface area contributed by atoms with Crippen LogP contribution in [0.25, 0.3) is 5.65 Å². The second kappa shape index (κ2) is 11.0. The van der Waals surface area contributed by atoms with Gasteiger partial charge in [-0.25, -0.2) is 18.7 Å². The number of aromatic nitrogens is 3. The molecule has 0 unspecified atom stereocenters. The van der Waals surface area contributed by atoms with Crippen molar-refractivity contribution in [1.29, 1.82) is 0 Å². The first-order chi connectivity index (χ1) is 21.2. The van der Waals surface area contributed by atoms with Gasteiger partial charge in [-0.2, -0.15) is 5.10 Å². The quantitative estimate of drug-likeness (QED) is 0.287. The lowest BCUT2D eigenvalue weighted by Gasteiger charge is -2.21. The maximum absolute atomic E-state index is 14.7. The largest absolute Gasteiger partial charge is 0.487 e. The van der Waals surface area contributed by atoms with Gasteiger partial charge in [-0.15, -0.1) is 0 Å². The van der Waals surface area contributed by atoms with Crippen molar-refractivity contribution in [2.75, 3.05) is 0 Å². The molecule has 2 aromatic heterocycles. The molecular formula is C34H36FN5O5. The van der Waals surface area contributed by atoms with E-state index in [-0.39, 0.29) is 35.2 Å². The van der Waals surface area contributed by atoms with Crippen molar-refractivity contribution in [2.45, 2.75) is 84.6 Å². The Morgan fingerprint density at radius 1 is 1.13 bits per heavy atom. The Hall–Kier alpha value is -4.80. The number of fused-ring (bicyclic) bond motifs is 3. The Balaban J connectivity index is 1.21. The number of rotatable bonds is 6. The highest BCUT2D eigenvalue weighted by molar-refractivity contribution is 5.98. The minimum absolute atomic E-state index is 0.0264. The van der Waals surface area contributed by atoms with Gasteiger partial charge in [-0.3, -0.25) is 9.59 Å². The van der Waals surface area contributed by atoms with E-state index >= 15 is 0 Å². The molecule has 0 radical (unpaired) electrons. The molecule has 1 aliphatic heterocycles. The summed E-state index contributed by atoms with van der Waals surface area (Å²) >= 11 is 0. The van der Waals surface area contributed by atoms with Gasteiger partial charge in [0.15, 0.2) is 11.5 Å². The molecule has 10 nitrogen and oxygen atoms in total. The van der Waals surface area contributed by atoms with Crippen LogP contribution in [0.15, 0.2) is 42.6 Å². The van der Waals surface area contributed by atoms with Crippen molar-refractivity contribution in [3.63, 3.8) is 0 Å². The molecule has 45 heavy (non-hydrogen) atoms. The van der Waals surface area contributed by atoms with Crippen molar-refractivity contribution in [3.05, 3.63) is 93.2 Å². The second-order valence-corrected chi connectivity index (χ2v) is 13.3. The zero-order chi connectivity index (χ0) is 32.3. The number of esters is 1. The number of hydrogen-bond donors (Lipinski definition) is 2. The van der Waals surface area contributed by atoms with Gasteiger partial charge in [0.2, 0.25) is 0 Å². The molecule has 2 aromatic carbocycles. The lowest BCUT2D eigenvalue weighted by Crippen LogP contribution is -2.31. The fourth-order valence-electron chi connectivity index (χ4n) is 6.08. The van der Waals surface area contributed by atoms with Crippen LogP contribution in [-0.2, 0) is 24.1 Å². The first-order valence-corrected chi connectivity index (χ1v) is 15.0. The highest BCUT2D eigenvalue weighted by Crippen LogP contribution is 2.36. The van der Waals surface area contributed by atoms with Crippen molar-refractivity contribution < 1.29 is 28.2 Å². The number of carbonyl (C=O) groups excluding carboxylic acids is 3. The smallest absolute Gasteiger partial charge is 0.338 e. The van der Waals surface area contributed by atoms with Crippen molar-refractivity contribution >= 4 is 23.4 Å². The number of nitrogens with one attached hydrogen (secondary N) is 2. The highest BCUT2D eigenvalue weighted by atomic mass is 19.1. The number of halogens is 1. The summed E-state index contributed by atoms with van der Waals surface area (Å²) in [5, 5.41) is 9.83. The first-order valence-electron chi connectivity index (χ1n) is 15.0. The summed E-state index contributed by atoms with van der Waals surface area (Å²) in [6.45, 7) is 11.6. The lowest BCUT2D eigenvalue weighted by molar-refractivity contribution is 0.00683. The predicted octanol–water partition coefficient (Wildman–Crippen LogP) is 5.19. The van der Waals surface area contributed by atoms with E-state index in [1.54, 1.807) is 6.07 Å².